The Morgan fingerprint density at radius 1 is 1.03 bits per heavy atom. The van der Waals surface area contributed by atoms with Crippen molar-refractivity contribution >= 4 is 10.0 Å². The molecule has 0 aliphatic heterocycles. The zero-order valence-corrected chi connectivity index (χ0v) is 18.0. The van der Waals surface area contributed by atoms with E-state index in [1.807, 2.05) is 6.07 Å². The van der Waals surface area contributed by atoms with Crippen molar-refractivity contribution in [3.8, 4) is 11.3 Å². The van der Waals surface area contributed by atoms with Crippen LogP contribution in [0, 0.1) is 0 Å². The Kier molecular flexibility index (Phi) is 6.11. The van der Waals surface area contributed by atoms with E-state index in [1.165, 1.54) is 12.3 Å². The molecule has 0 amide bonds. The quantitative estimate of drug-likeness (QED) is 0.692. The highest BCUT2D eigenvalue weighted by atomic mass is 32.2. The van der Waals surface area contributed by atoms with Gasteiger partial charge in [-0.1, -0.05) is 18.2 Å². The zero-order chi connectivity index (χ0) is 22.2. The molecule has 2 N–H and O–H groups in total. The Labute approximate surface area is 180 Å². The number of nitrogens with one attached hydrogen (secondary N) is 2. The summed E-state index contributed by atoms with van der Waals surface area (Å²) < 4.78 is 64.2. The maximum absolute atomic E-state index is 12.9. The van der Waals surface area contributed by atoms with Gasteiger partial charge in [0.2, 0.25) is 10.0 Å². The Morgan fingerprint density at radius 3 is 2.35 bits per heavy atom. The molecule has 31 heavy (non-hydrogen) atoms. The van der Waals surface area contributed by atoms with Gasteiger partial charge in [-0.25, -0.2) is 13.1 Å². The van der Waals surface area contributed by atoms with Crippen LogP contribution in [0.5, 0.6) is 0 Å². The third-order valence-corrected chi connectivity index (χ3v) is 6.81. The number of aromatic nitrogens is 1. The monoisotopic (exact) mass is 453 g/mol. The molecule has 2 aromatic rings. The van der Waals surface area contributed by atoms with E-state index in [4.69, 9.17) is 0 Å². The van der Waals surface area contributed by atoms with E-state index in [-0.39, 0.29) is 6.04 Å². The fraction of sp³-hybridized carbons (Fsp3) is 0.500. The van der Waals surface area contributed by atoms with Crippen molar-refractivity contribution in [1.29, 1.82) is 0 Å². The molecule has 0 saturated heterocycles. The summed E-state index contributed by atoms with van der Waals surface area (Å²) in [4.78, 5) is 4.40. The van der Waals surface area contributed by atoms with Gasteiger partial charge in [-0.2, -0.15) is 13.2 Å². The Bertz CT molecular complexity index is 1020. The Balaban J connectivity index is 1.31. The number of hydrogen-bond donors (Lipinski definition) is 2. The number of nitrogens with zero attached hydrogens (tertiary/aromatic N) is 1. The summed E-state index contributed by atoms with van der Waals surface area (Å²) in [5.41, 5.74) is 1.38. The molecule has 0 bridgehead atoms. The molecular weight excluding hydrogens is 427 g/mol. The number of sulfonamides is 1. The largest absolute Gasteiger partial charge is 0.416 e. The lowest BCUT2D eigenvalue weighted by Crippen LogP contribution is -2.42. The van der Waals surface area contributed by atoms with Crippen molar-refractivity contribution in [3.05, 3.63) is 53.7 Å². The van der Waals surface area contributed by atoms with Gasteiger partial charge in [0.25, 0.3) is 0 Å². The summed E-state index contributed by atoms with van der Waals surface area (Å²) in [5, 5.41) is 3.67. The molecule has 1 heterocycles. The van der Waals surface area contributed by atoms with Gasteiger partial charge in [0.15, 0.2) is 0 Å². The van der Waals surface area contributed by atoms with E-state index < -0.39 is 21.8 Å². The molecule has 1 aromatic carbocycles. The molecule has 5 nitrogen and oxygen atoms in total. The van der Waals surface area contributed by atoms with Crippen LogP contribution in [0.2, 0.25) is 0 Å². The van der Waals surface area contributed by atoms with Crippen LogP contribution >= 0.6 is 0 Å². The van der Waals surface area contributed by atoms with E-state index in [1.54, 1.807) is 18.3 Å². The summed E-state index contributed by atoms with van der Waals surface area (Å²) in [6, 6.07) is 9.71. The molecule has 2 aliphatic carbocycles. The first kappa shape index (κ1) is 22.2. The number of benzene rings is 1. The van der Waals surface area contributed by atoms with Gasteiger partial charge in [0.1, 0.15) is 0 Å². The van der Waals surface area contributed by atoms with Crippen LogP contribution in [0.1, 0.15) is 49.1 Å². The van der Waals surface area contributed by atoms with Gasteiger partial charge in [-0.3, -0.25) is 4.98 Å². The number of pyridine rings is 1. The maximum atomic E-state index is 12.9. The molecule has 4 rings (SSSR count). The van der Waals surface area contributed by atoms with Crippen LogP contribution in [0.25, 0.3) is 11.3 Å². The fourth-order valence-corrected chi connectivity index (χ4v) is 5.22. The first-order chi connectivity index (χ1) is 14.6. The molecule has 168 valence electrons. The lowest BCUT2D eigenvalue weighted by atomic mass is 9.91. The fourth-order valence-electron chi connectivity index (χ4n) is 4.38. The van der Waals surface area contributed by atoms with Gasteiger partial charge in [-0.15, -0.1) is 0 Å². The third-order valence-electron chi connectivity index (χ3n) is 6.05. The molecular formula is C22H26F3N3O2S. The summed E-state index contributed by atoms with van der Waals surface area (Å²) >= 11 is 0. The van der Waals surface area contributed by atoms with Crippen molar-refractivity contribution in [2.24, 2.45) is 0 Å². The highest BCUT2D eigenvalue weighted by Gasteiger charge is 2.40. The van der Waals surface area contributed by atoms with Crippen LogP contribution in [0.3, 0.4) is 0 Å². The highest BCUT2D eigenvalue weighted by Crippen LogP contribution is 2.42. The molecule has 2 aliphatic rings. The van der Waals surface area contributed by atoms with Gasteiger partial charge in [0.05, 0.1) is 17.5 Å². The highest BCUT2D eigenvalue weighted by molar-refractivity contribution is 7.88. The van der Waals surface area contributed by atoms with E-state index in [2.05, 4.69) is 15.0 Å². The zero-order valence-electron chi connectivity index (χ0n) is 17.2. The molecule has 0 radical (unpaired) electrons. The summed E-state index contributed by atoms with van der Waals surface area (Å²) in [6.07, 6.45) is 3.11. The molecule has 9 heteroatoms. The minimum absolute atomic E-state index is 0.0237. The lowest BCUT2D eigenvalue weighted by molar-refractivity contribution is -0.137. The minimum Gasteiger partial charge on any atom is -0.311 e. The van der Waals surface area contributed by atoms with Gasteiger partial charge in [-0.05, 0) is 55.9 Å². The SMILES string of the molecule is CS(=O)(=O)NC1CCC(NC2CC2c2ccc(-c3cccc(C(F)(F)F)c3)nc2)CC1. The second kappa shape index (κ2) is 8.52. The number of rotatable bonds is 6. The van der Waals surface area contributed by atoms with Crippen molar-refractivity contribution < 1.29 is 21.6 Å². The molecule has 0 spiro atoms. The molecule has 2 fully saturated rings. The van der Waals surface area contributed by atoms with Gasteiger partial charge in [0, 0.05) is 35.8 Å². The van der Waals surface area contributed by atoms with E-state index >= 15 is 0 Å². The predicted octanol–water partition coefficient (Wildman–Crippen LogP) is 4.07. The second-order valence-electron chi connectivity index (χ2n) is 8.61. The van der Waals surface area contributed by atoms with Crippen LogP contribution < -0.4 is 10.0 Å². The Hall–Kier alpha value is -1.97. The predicted molar refractivity (Wildman–Crippen MR) is 113 cm³/mol. The maximum Gasteiger partial charge on any atom is 0.416 e. The van der Waals surface area contributed by atoms with E-state index in [9.17, 15) is 21.6 Å². The lowest BCUT2D eigenvalue weighted by Gasteiger charge is -2.29. The Morgan fingerprint density at radius 2 is 1.74 bits per heavy atom. The van der Waals surface area contributed by atoms with Crippen LogP contribution in [0.15, 0.2) is 42.6 Å². The van der Waals surface area contributed by atoms with Gasteiger partial charge < -0.3 is 5.32 Å². The van der Waals surface area contributed by atoms with Crippen LogP contribution in [0.4, 0.5) is 13.2 Å². The van der Waals surface area contributed by atoms with Crippen LogP contribution in [-0.2, 0) is 16.2 Å². The standard InChI is InChI=1S/C22H26F3N3O2S/c1-31(29,30)28-18-8-6-17(7-9-18)27-21-12-19(21)15-5-10-20(26-13-15)14-3-2-4-16(11-14)22(23,24)25/h2-5,10-11,13,17-19,21,27-28H,6-9,12H2,1H3. The van der Waals surface area contributed by atoms with Crippen LogP contribution in [-0.4, -0.2) is 37.8 Å². The number of hydrogen-bond acceptors (Lipinski definition) is 4. The molecule has 1 aromatic heterocycles. The average Bonchev–Trinajstić information content (AvgIpc) is 3.47. The summed E-state index contributed by atoms with van der Waals surface area (Å²) in [5.74, 6) is 0.356. The number of alkyl halides is 3. The minimum atomic E-state index is -4.37. The van der Waals surface area contributed by atoms with Crippen molar-refractivity contribution in [2.45, 2.75) is 62.3 Å². The van der Waals surface area contributed by atoms with Crippen molar-refractivity contribution in [1.82, 2.24) is 15.0 Å². The summed E-state index contributed by atoms with van der Waals surface area (Å²) in [7, 11) is -3.16. The van der Waals surface area contributed by atoms with E-state index in [0.717, 1.165) is 49.8 Å². The smallest absolute Gasteiger partial charge is 0.311 e. The first-order valence-corrected chi connectivity index (χ1v) is 12.3. The second-order valence-corrected chi connectivity index (χ2v) is 10.4. The molecule has 2 atom stereocenters. The topological polar surface area (TPSA) is 71.1 Å². The summed E-state index contributed by atoms with van der Waals surface area (Å²) in [6.45, 7) is 0. The number of halogens is 3. The van der Waals surface area contributed by atoms with Gasteiger partial charge >= 0.3 is 6.18 Å². The third kappa shape index (κ3) is 5.84. The normalized spacial score (nSPS) is 26.6. The first-order valence-electron chi connectivity index (χ1n) is 10.5. The molecule has 2 saturated carbocycles. The average molecular weight is 454 g/mol. The molecule has 2 unspecified atom stereocenters. The van der Waals surface area contributed by atoms with E-state index in [0.29, 0.717) is 29.3 Å². The van der Waals surface area contributed by atoms with Crippen molar-refractivity contribution in [2.75, 3.05) is 6.26 Å². The van der Waals surface area contributed by atoms with Crippen molar-refractivity contribution in [3.63, 3.8) is 0 Å².